The van der Waals surface area contributed by atoms with Crippen LogP contribution in [0.15, 0.2) is 52.1 Å². The maximum Gasteiger partial charge on any atom is 0.266 e. The van der Waals surface area contributed by atoms with E-state index in [1.54, 1.807) is 24.4 Å². The van der Waals surface area contributed by atoms with Crippen LogP contribution in [-0.4, -0.2) is 27.2 Å². The molecule has 122 valence electrons. The van der Waals surface area contributed by atoms with Crippen LogP contribution < -0.4 is 4.74 Å². The van der Waals surface area contributed by atoms with E-state index in [4.69, 9.17) is 17.0 Å². The van der Waals surface area contributed by atoms with Gasteiger partial charge in [0.2, 0.25) is 0 Å². The highest BCUT2D eigenvalue weighted by Gasteiger charge is 2.32. The number of pyridine rings is 1. The molecule has 1 amide bonds. The average Bonchev–Trinajstić information content (AvgIpc) is 2.84. The van der Waals surface area contributed by atoms with Gasteiger partial charge in [-0.1, -0.05) is 46.0 Å². The summed E-state index contributed by atoms with van der Waals surface area (Å²) in [7, 11) is 1.61. The molecule has 1 fully saturated rings. The van der Waals surface area contributed by atoms with Crippen LogP contribution in [0, 0.1) is 0 Å². The van der Waals surface area contributed by atoms with Crippen LogP contribution in [0.5, 0.6) is 5.75 Å². The van der Waals surface area contributed by atoms with Crippen LogP contribution in [0.1, 0.15) is 11.1 Å². The van der Waals surface area contributed by atoms with E-state index < -0.39 is 0 Å². The number of rotatable bonds is 4. The van der Waals surface area contributed by atoms with Gasteiger partial charge in [0.05, 0.1) is 18.6 Å². The minimum Gasteiger partial charge on any atom is -0.496 e. The van der Waals surface area contributed by atoms with E-state index in [0.717, 1.165) is 15.6 Å². The third kappa shape index (κ3) is 3.68. The lowest BCUT2D eigenvalue weighted by Crippen LogP contribution is -2.27. The Morgan fingerprint density at radius 3 is 2.96 bits per heavy atom. The number of benzene rings is 1. The molecule has 1 aliphatic rings. The van der Waals surface area contributed by atoms with Gasteiger partial charge in [0.25, 0.3) is 5.91 Å². The van der Waals surface area contributed by atoms with E-state index in [2.05, 4.69) is 20.9 Å². The second kappa shape index (κ2) is 7.46. The SMILES string of the molecule is COc1ccc(Br)cc1C=C1SC(=S)N(Cc2cccnc2)C1=O. The highest BCUT2D eigenvalue weighted by Crippen LogP contribution is 2.35. The number of thiocarbonyl (C=S) groups is 1. The Labute approximate surface area is 158 Å². The van der Waals surface area contributed by atoms with Crippen molar-refractivity contribution in [3.8, 4) is 5.75 Å². The van der Waals surface area contributed by atoms with Gasteiger partial charge in [-0.25, -0.2) is 0 Å². The first-order chi connectivity index (χ1) is 11.6. The molecule has 1 aliphatic heterocycles. The molecular formula is C17H13BrN2O2S2. The van der Waals surface area contributed by atoms with Gasteiger partial charge in [-0.2, -0.15) is 0 Å². The molecule has 0 saturated carbocycles. The van der Waals surface area contributed by atoms with Crippen molar-refractivity contribution >= 4 is 56.2 Å². The maximum atomic E-state index is 12.7. The minimum absolute atomic E-state index is 0.101. The first-order valence-electron chi connectivity index (χ1n) is 7.06. The molecule has 0 spiro atoms. The summed E-state index contributed by atoms with van der Waals surface area (Å²) in [5.41, 5.74) is 1.77. The van der Waals surface area contributed by atoms with Crippen LogP contribution in [-0.2, 0) is 11.3 Å². The monoisotopic (exact) mass is 420 g/mol. The molecule has 0 unspecified atom stereocenters. The Morgan fingerprint density at radius 2 is 2.25 bits per heavy atom. The summed E-state index contributed by atoms with van der Waals surface area (Å²) in [6, 6.07) is 9.42. The summed E-state index contributed by atoms with van der Waals surface area (Å²) in [6.07, 6.45) is 5.25. The molecule has 0 atom stereocenters. The van der Waals surface area contributed by atoms with Crippen LogP contribution >= 0.6 is 39.9 Å². The number of carbonyl (C=O) groups is 1. The summed E-state index contributed by atoms with van der Waals surface area (Å²) in [5.74, 6) is 0.603. The van der Waals surface area contributed by atoms with Gasteiger partial charge < -0.3 is 4.74 Å². The van der Waals surface area contributed by atoms with Crippen LogP contribution in [0.4, 0.5) is 0 Å². The zero-order valence-electron chi connectivity index (χ0n) is 12.7. The molecule has 0 aliphatic carbocycles. The number of thioether (sulfide) groups is 1. The number of hydrogen-bond donors (Lipinski definition) is 0. The zero-order chi connectivity index (χ0) is 17.1. The fourth-order valence-corrected chi connectivity index (χ4v) is 3.89. The van der Waals surface area contributed by atoms with Gasteiger partial charge >= 0.3 is 0 Å². The molecule has 4 nitrogen and oxygen atoms in total. The van der Waals surface area contributed by atoms with Crippen LogP contribution in [0.3, 0.4) is 0 Å². The van der Waals surface area contributed by atoms with Gasteiger partial charge in [0, 0.05) is 22.4 Å². The number of ether oxygens (including phenoxy) is 1. The molecule has 3 rings (SSSR count). The lowest BCUT2D eigenvalue weighted by Gasteiger charge is -2.13. The normalized spacial score (nSPS) is 16.1. The van der Waals surface area contributed by atoms with E-state index in [1.165, 1.54) is 11.8 Å². The van der Waals surface area contributed by atoms with E-state index in [9.17, 15) is 4.79 Å². The highest BCUT2D eigenvalue weighted by molar-refractivity contribution is 9.10. The van der Waals surface area contributed by atoms with Gasteiger partial charge in [-0.3, -0.25) is 14.7 Å². The van der Waals surface area contributed by atoms with Crippen LogP contribution in [0.2, 0.25) is 0 Å². The molecule has 2 heterocycles. The lowest BCUT2D eigenvalue weighted by molar-refractivity contribution is -0.122. The van der Waals surface area contributed by atoms with E-state index in [0.29, 0.717) is 21.5 Å². The van der Waals surface area contributed by atoms with Gasteiger partial charge in [-0.05, 0) is 35.9 Å². The standard InChI is InChI=1S/C17H13BrN2O2S2/c1-22-14-5-4-13(18)7-12(14)8-15-16(21)20(17(23)24-15)10-11-3-2-6-19-9-11/h2-9H,10H2,1H3. The van der Waals surface area contributed by atoms with Crippen molar-refractivity contribution in [3.05, 3.63) is 63.2 Å². The van der Waals surface area contributed by atoms with Crippen molar-refractivity contribution in [3.63, 3.8) is 0 Å². The zero-order valence-corrected chi connectivity index (χ0v) is 16.0. The third-order valence-corrected chi connectivity index (χ3v) is 5.29. The van der Waals surface area contributed by atoms with Gasteiger partial charge in [0.15, 0.2) is 0 Å². The number of nitrogens with zero attached hydrogens (tertiary/aromatic N) is 2. The molecule has 24 heavy (non-hydrogen) atoms. The number of carbonyl (C=O) groups excluding carboxylic acids is 1. The average molecular weight is 421 g/mol. The molecule has 0 radical (unpaired) electrons. The molecule has 2 aromatic rings. The smallest absolute Gasteiger partial charge is 0.266 e. The topological polar surface area (TPSA) is 42.4 Å². The first kappa shape index (κ1) is 17.1. The predicted octanol–water partition coefficient (Wildman–Crippen LogP) is 4.25. The number of methoxy groups -OCH3 is 1. The number of halogens is 1. The quantitative estimate of drug-likeness (QED) is 0.546. The summed E-state index contributed by atoms with van der Waals surface area (Å²) in [5, 5.41) is 0. The number of amides is 1. The first-order valence-corrected chi connectivity index (χ1v) is 9.08. The molecule has 7 heteroatoms. The summed E-state index contributed by atoms with van der Waals surface area (Å²) in [6.45, 7) is 0.422. The Morgan fingerprint density at radius 1 is 1.42 bits per heavy atom. The molecule has 1 aromatic heterocycles. The molecule has 1 aromatic carbocycles. The summed E-state index contributed by atoms with van der Waals surface area (Å²) >= 11 is 10.1. The van der Waals surface area contributed by atoms with Crippen molar-refractivity contribution in [1.29, 1.82) is 0 Å². The molecule has 0 N–H and O–H groups in total. The van der Waals surface area contributed by atoms with Gasteiger partial charge in [-0.15, -0.1) is 0 Å². The third-order valence-electron chi connectivity index (χ3n) is 3.42. The Hall–Kier alpha value is -1.70. The molecule has 1 saturated heterocycles. The van der Waals surface area contributed by atoms with Crippen molar-refractivity contribution < 1.29 is 9.53 Å². The fraction of sp³-hybridized carbons (Fsp3) is 0.118. The second-order valence-corrected chi connectivity index (χ2v) is 7.61. The van der Waals surface area contributed by atoms with Crippen LogP contribution in [0.25, 0.3) is 6.08 Å². The molecule has 0 bridgehead atoms. The van der Waals surface area contributed by atoms with E-state index in [-0.39, 0.29) is 5.91 Å². The maximum absolute atomic E-state index is 12.7. The Bertz CT molecular complexity index is 825. The second-order valence-electron chi connectivity index (χ2n) is 5.02. The number of aromatic nitrogens is 1. The van der Waals surface area contributed by atoms with Crippen molar-refractivity contribution in [2.24, 2.45) is 0 Å². The van der Waals surface area contributed by atoms with Gasteiger partial charge in [0.1, 0.15) is 10.1 Å². The van der Waals surface area contributed by atoms with Crippen molar-refractivity contribution in [1.82, 2.24) is 9.88 Å². The minimum atomic E-state index is -0.101. The number of hydrogen-bond acceptors (Lipinski definition) is 5. The summed E-state index contributed by atoms with van der Waals surface area (Å²) in [4.78, 5) is 18.9. The lowest BCUT2D eigenvalue weighted by atomic mass is 10.2. The highest BCUT2D eigenvalue weighted by atomic mass is 79.9. The van der Waals surface area contributed by atoms with Crippen molar-refractivity contribution in [2.75, 3.05) is 7.11 Å². The fourth-order valence-electron chi connectivity index (χ4n) is 2.27. The predicted molar refractivity (Wildman–Crippen MR) is 104 cm³/mol. The Kier molecular flexibility index (Phi) is 5.33. The molecular weight excluding hydrogens is 408 g/mol. The summed E-state index contributed by atoms with van der Waals surface area (Å²) < 4.78 is 6.82. The largest absolute Gasteiger partial charge is 0.496 e. The van der Waals surface area contributed by atoms with E-state index >= 15 is 0 Å². The Balaban J connectivity index is 1.87. The van der Waals surface area contributed by atoms with Crippen molar-refractivity contribution in [2.45, 2.75) is 6.54 Å². The van der Waals surface area contributed by atoms with E-state index in [1.807, 2.05) is 36.4 Å².